The van der Waals surface area contributed by atoms with Crippen molar-refractivity contribution in [2.75, 3.05) is 0 Å². The number of aliphatic carboxylic acids is 2. The summed E-state index contributed by atoms with van der Waals surface area (Å²) in [5.74, 6) is -1.83. The molecule has 0 aliphatic heterocycles. The molecule has 0 amide bonds. The van der Waals surface area contributed by atoms with Crippen molar-refractivity contribution in [3.05, 3.63) is 0 Å². The van der Waals surface area contributed by atoms with Gasteiger partial charge in [0.25, 0.3) is 0 Å². The largest absolute Gasteiger partial charge is 2.00 e. The molecule has 0 unspecified atom stereocenters. The second-order valence-corrected chi connectivity index (χ2v) is 2.46. The molecule has 0 aromatic heterocycles. The minimum absolute atomic E-state index is 0. The number of carboxylic acid groups (broad SMARTS) is 2. The summed E-state index contributed by atoms with van der Waals surface area (Å²) < 4.78 is 0. The van der Waals surface area contributed by atoms with Crippen LogP contribution in [0.4, 0.5) is 0 Å². The van der Waals surface area contributed by atoms with Crippen molar-refractivity contribution in [2.45, 2.75) is 27.2 Å². The normalized spacial score (nSPS) is 7.08. The van der Waals surface area contributed by atoms with E-state index in [0.717, 1.165) is 6.92 Å². The van der Waals surface area contributed by atoms with Crippen LogP contribution in [-0.2, 0) is 9.59 Å². The smallest absolute Gasteiger partial charge is 0.550 e. The molecule has 4 nitrogen and oxygen atoms in total. The third-order valence-electron chi connectivity index (χ3n) is 0.575. The van der Waals surface area contributed by atoms with Crippen molar-refractivity contribution in [1.29, 1.82) is 0 Å². The molecule has 0 spiro atoms. The van der Waals surface area contributed by atoms with Crippen molar-refractivity contribution in [2.24, 2.45) is 5.92 Å². The van der Waals surface area contributed by atoms with E-state index in [-0.39, 0.29) is 58.4 Å². The maximum atomic E-state index is 9.70. The quantitative estimate of drug-likeness (QED) is 0.482. The fourth-order valence-corrected chi connectivity index (χ4v) is 0.333. The number of carbonyl (C=O) groups excluding carboxylic acids is 2. The molecule has 13 heavy (non-hydrogen) atoms. The van der Waals surface area contributed by atoms with Crippen LogP contribution in [0.15, 0.2) is 0 Å². The fraction of sp³-hybridized carbons (Fsp3) is 0.714. The van der Waals surface area contributed by atoms with E-state index >= 15 is 0 Å². The molecule has 0 aliphatic rings. The van der Waals surface area contributed by atoms with Gasteiger partial charge in [-0.05, 0) is 19.3 Å². The average molecular weight is 209 g/mol. The van der Waals surface area contributed by atoms with Crippen LogP contribution in [0.25, 0.3) is 0 Å². The molecule has 6 heteroatoms. The van der Waals surface area contributed by atoms with Crippen LogP contribution in [0.5, 0.6) is 0 Å². The number of rotatable bonds is 2. The van der Waals surface area contributed by atoms with E-state index in [9.17, 15) is 9.90 Å². The van der Waals surface area contributed by atoms with Crippen LogP contribution >= 0.6 is 0 Å². The van der Waals surface area contributed by atoms with E-state index < -0.39 is 11.9 Å². The van der Waals surface area contributed by atoms with E-state index in [1.54, 1.807) is 0 Å². The van der Waals surface area contributed by atoms with Gasteiger partial charge in [0, 0.05) is 11.9 Å². The topological polar surface area (TPSA) is 80.3 Å². The number of carboxylic acids is 2. The third kappa shape index (κ3) is 68.4. The second kappa shape index (κ2) is 15.0. The molecule has 0 aromatic rings. The SMILES string of the molecule is CC(=O)[O-].CC(C)CC(=O)[O-].[Mg+2].[Mg+2]. The Morgan fingerprint density at radius 2 is 1.38 bits per heavy atom. The minimum Gasteiger partial charge on any atom is -0.550 e. The molecule has 0 radical (unpaired) electrons. The monoisotopic (exact) mass is 208 g/mol. The fourth-order valence-electron chi connectivity index (χ4n) is 0.333. The van der Waals surface area contributed by atoms with Crippen molar-refractivity contribution in [3.8, 4) is 0 Å². The first-order valence-corrected chi connectivity index (χ1v) is 3.23. The number of hydrogen-bond donors (Lipinski definition) is 0. The van der Waals surface area contributed by atoms with Crippen LogP contribution in [0, 0.1) is 5.92 Å². The van der Waals surface area contributed by atoms with E-state index in [1.165, 1.54) is 0 Å². The Morgan fingerprint density at radius 1 is 1.15 bits per heavy atom. The number of carbonyl (C=O) groups is 2. The van der Waals surface area contributed by atoms with Crippen LogP contribution in [0.1, 0.15) is 27.2 Å². The van der Waals surface area contributed by atoms with Gasteiger partial charge in [0.2, 0.25) is 0 Å². The van der Waals surface area contributed by atoms with Gasteiger partial charge in [-0.3, -0.25) is 0 Å². The first kappa shape index (κ1) is 23.4. The Balaban J connectivity index is -0.0000000600. The summed E-state index contributed by atoms with van der Waals surface area (Å²) in [6.07, 6.45) is 0.167. The number of hydrogen-bond acceptors (Lipinski definition) is 4. The predicted molar refractivity (Wildman–Crippen MR) is 46.7 cm³/mol. The first-order valence-electron chi connectivity index (χ1n) is 3.23. The molecule has 0 bridgehead atoms. The molecule has 0 aromatic carbocycles. The van der Waals surface area contributed by atoms with Gasteiger partial charge in [-0.15, -0.1) is 0 Å². The summed E-state index contributed by atoms with van der Waals surface area (Å²) in [7, 11) is 0. The summed E-state index contributed by atoms with van der Waals surface area (Å²) in [6.45, 7) is 4.66. The van der Waals surface area contributed by atoms with Crippen LogP contribution < -0.4 is 10.2 Å². The summed E-state index contributed by atoms with van der Waals surface area (Å²) in [5.41, 5.74) is 0. The molecule has 0 rings (SSSR count). The van der Waals surface area contributed by atoms with Crippen LogP contribution in [0.3, 0.4) is 0 Å². The maximum absolute atomic E-state index is 9.70. The Hall–Kier alpha value is 0.472. The van der Waals surface area contributed by atoms with Gasteiger partial charge in [-0.25, -0.2) is 0 Å². The molecule has 0 atom stereocenters. The molecule has 0 saturated heterocycles. The standard InChI is InChI=1S/C5H10O2.C2H4O2.2Mg/c1-4(2)3-5(6)7;1-2(3)4;;/h4H,3H2,1-2H3,(H,6,7);1H3,(H,3,4);;/q;;2*+2/p-2. The average Bonchev–Trinajstić information content (AvgIpc) is 1.56. The van der Waals surface area contributed by atoms with E-state index in [2.05, 4.69) is 0 Å². The molecule has 0 aliphatic carbocycles. The van der Waals surface area contributed by atoms with Gasteiger partial charge >= 0.3 is 46.1 Å². The molecule has 0 N–H and O–H groups in total. The zero-order chi connectivity index (χ0) is 9.44. The van der Waals surface area contributed by atoms with E-state index in [1.807, 2.05) is 13.8 Å². The van der Waals surface area contributed by atoms with E-state index in [4.69, 9.17) is 9.90 Å². The Kier molecular flexibility index (Phi) is 26.9. The van der Waals surface area contributed by atoms with Gasteiger partial charge in [-0.1, -0.05) is 13.8 Å². The van der Waals surface area contributed by atoms with Crippen LogP contribution in [0.2, 0.25) is 0 Å². The third-order valence-corrected chi connectivity index (χ3v) is 0.575. The van der Waals surface area contributed by atoms with Gasteiger partial charge in [-0.2, -0.15) is 0 Å². The molecule has 0 fully saturated rings. The van der Waals surface area contributed by atoms with Gasteiger partial charge in [0.15, 0.2) is 0 Å². The van der Waals surface area contributed by atoms with Crippen LogP contribution in [-0.4, -0.2) is 58.0 Å². The minimum atomic E-state index is -1.08. The second-order valence-electron chi connectivity index (χ2n) is 2.46. The van der Waals surface area contributed by atoms with E-state index in [0.29, 0.717) is 0 Å². The molecular formula is C7H12Mg2O4+2. The van der Waals surface area contributed by atoms with Gasteiger partial charge in [0.05, 0.1) is 0 Å². The zero-order valence-electron chi connectivity index (χ0n) is 8.33. The molecule has 0 heterocycles. The Bertz CT molecular complexity index is 132. The Labute approximate surface area is 110 Å². The maximum Gasteiger partial charge on any atom is 2.00 e. The van der Waals surface area contributed by atoms with Gasteiger partial charge in [0.1, 0.15) is 0 Å². The van der Waals surface area contributed by atoms with Crippen molar-refractivity contribution < 1.29 is 19.8 Å². The van der Waals surface area contributed by atoms with Crippen molar-refractivity contribution >= 4 is 58.0 Å². The summed E-state index contributed by atoms with van der Waals surface area (Å²) in [4.78, 5) is 18.6. The van der Waals surface area contributed by atoms with Gasteiger partial charge < -0.3 is 19.8 Å². The summed E-state index contributed by atoms with van der Waals surface area (Å²) in [6, 6.07) is 0. The summed E-state index contributed by atoms with van der Waals surface area (Å²) >= 11 is 0. The molecule has 66 valence electrons. The molecule has 0 saturated carbocycles. The molecular weight excluding hydrogens is 197 g/mol. The van der Waals surface area contributed by atoms with Crippen molar-refractivity contribution in [1.82, 2.24) is 0 Å². The zero-order valence-corrected chi connectivity index (χ0v) is 11.2. The Morgan fingerprint density at radius 3 is 1.38 bits per heavy atom. The predicted octanol–water partition coefficient (Wildman–Crippen LogP) is -2.22. The first-order chi connectivity index (χ1) is 4.86. The summed E-state index contributed by atoms with van der Waals surface area (Å²) in [5, 5.41) is 18.6. The van der Waals surface area contributed by atoms with Crippen molar-refractivity contribution in [3.63, 3.8) is 0 Å².